The molecule has 5 nitrogen and oxygen atoms in total. The van der Waals surface area contributed by atoms with E-state index in [1.165, 1.54) is 6.07 Å². The summed E-state index contributed by atoms with van der Waals surface area (Å²) in [5.41, 5.74) is 2.59. The second kappa shape index (κ2) is 5.95. The van der Waals surface area contributed by atoms with Crippen molar-refractivity contribution in [2.45, 2.75) is 37.5 Å². The summed E-state index contributed by atoms with van der Waals surface area (Å²) in [6.07, 6.45) is 2.03. The zero-order chi connectivity index (χ0) is 16.7. The van der Waals surface area contributed by atoms with Crippen molar-refractivity contribution in [2.75, 3.05) is 19.7 Å². The van der Waals surface area contributed by atoms with E-state index in [4.69, 9.17) is 4.74 Å². The zero-order valence-electron chi connectivity index (χ0n) is 13.7. The van der Waals surface area contributed by atoms with Gasteiger partial charge in [-0.3, -0.25) is 10.00 Å². The highest BCUT2D eigenvalue weighted by atomic mass is 19.1. The molecule has 6 heteroatoms. The molecule has 0 bridgehead atoms. The first kappa shape index (κ1) is 15.7. The number of nitrogens with zero attached hydrogens (tertiary/aromatic N) is 2. The van der Waals surface area contributed by atoms with Gasteiger partial charge in [0.1, 0.15) is 11.4 Å². The highest BCUT2D eigenvalue weighted by Crippen LogP contribution is 2.42. The molecule has 4 rings (SSSR count). The molecule has 3 heterocycles. The Balaban J connectivity index is 1.47. The van der Waals surface area contributed by atoms with Crippen LogP contribution in [-0.2, 0) is 11.3 Å². The fraction of sp³-hybridized carbons (Fsp3) is 0.500. The molecule has 3 atom stereocenters. The summed E-state index contributed by atoms with van der Waals surface area (Å²) in [6, 6.07) is 6.69. The number of likely N-dealkylation sites (tertiary alicyclic amines) is 1. The van der Waals surface area contributed by atoms with Crippen molar-refractivity contribution in [1.82, 2.24) is 15.1 Å². The van der Waals surface area contributed by atoms with E-state index in [9.17, 15) is 9.50 Å². The first-order chi connectivity index (χ1) is 11.6. The van der Waals surface area contributed by atoms with E-state index in [2.05, 4.69) is 15.1 Å². The number of benzene rings is 1. The number of aromatic nitrogens is 2. The maximum absolute atomic E-state index is 13.5. The number of hydrogen-bond acceptors (Lipinski definition) is 4. The van der Waals surface area contributed by atoms with Crippen LogP contribution in [0.15, 0.2) is 30.5 Å². The molecule has 0 unspecified atom stereocenters. The number of halogens is 1. The largest absolute Gasteiger partial charge is 0.389 e. The van der Waals surface area contributed by atoms with Gasteiger partial charge in [0.25, 0.3) is 0 Å². The molecule has 128 valence electrons. The summed E-state index contributed by atoms with van der Waals surface area (Å²) in [4.78, 5) is 2.20. The quantitative estimate of drug-likeness (QED) is 0.903. The molecule has 2 saturated heterocycles. The Bertz CT molecular complexity index is 735. The number of aliphatic hydroxyl groups excluding tert-OH is 1. The van der Waals surface area contributed by atoms with Gasteiger partial charge in [0.2, 0.25) is 0 Å². The smallest absolute Gasteiger partial charge is 0.123 e. The van der Waals surface area contributed by atoms with Gasteiger partial charge in [-0.05, 0) is 31.0 Å². The number of ether oxygens (including phenoxy) is 1. The number of nitrogens with one attached hydrogen (secondary N) is 1. The van der Waals surface area contributed by atoms with Crippen LogP contribution < -0.4 is 0 Å². The average molecular weight is 331 g/mol. The lowest BCUT2D eigenvalue weighted by Crippen LogP contribution is -2.41. The number of aryl methyl sites for hydroxylation is 1. The summed E-state index contributed by atoms with van der Waals surface area (Å²) in [6.45, 7) is 4.54. The SMILES string of the molecule is Cc1[nH]ncc1CN1C[C@@H](O)[C@@]2(C[C@H](c3cccc(F)c3)CO2)C1. The summed E-state index contributed by atoms with van der Waals surface area (Å²) < 4.78 is 19.5. The number of aliphatic hydroxyl groups is 1. The first-order valence-corrected chi connectivity index (χ1v) is 8.34. The highest BCUT2D eigenvalue weighted by molar-refractivity contribution is 5.24. The Kier molecular flexibility index (Phi) is 3.90. The first-order valence-electron chi connectivity index (χ1n) is 8.34. The van der Waals surface area contributed by atoms with E-state index >= 15 is 0 Å². The van der Waals surface area contributed by atoms with E-state index in [0.29, 0.717) is 19.7 Å². The van der Waals surface area contributed by atoms with Crippen LogP contribution in [0.25, 0.3) is 0 Å². The molecule has 24 heavy (non-hydrogen) atoms. The number of aromatic amines is 1. The van der Waals surface area contributed by atoms with Gasteiger partial charge in [0.05, 0.1) is 18.9 Å². The van der Waals surface area contributed by atoms with E-state index in [1.54, 1.807) is 12.1 Å². The molecule has 2 aromatic rings. The predicted molar refractivity (Wildman–Crippen MR) is 87.0 cm³/mol. The van der Waals surface area contributed by atoms with Gasteiger partial charge in [-0.1, -0.05) is 12.1 Å². The second-order valence-corrected chi connectivity index (χ2v) is 7.04. The Morgan fingerprint density at radius 1 is 1.50 bits per heavy atom. The van der Waals surface area contributed by atoms with Gasteiger partial charge in [-0.25, -0.2) is 4.39 Å². The van der Waals surface area contributed by atoms with Crippen molar-refractivity contribution in [3.63, 3.8) is 0 Å². The van der Waals surface area contributed by atoms with Crippen molar-refractivity contribution in [3.8, 4) is 0 Å². The van der Waals surface area contributed by atoms with Crippen LogP contribution in [0.2, 0.25) is 0 Å². The summed E-state index contributed by atoms with van der Waals surface area (Å²) in [5, 5.41) is 17.6. The van der Waals surface area contributed by atoms with Crippen molar-refractivity contribution in [2.24, 2.45) is 0 Å². The lowest BCUT2D eigenvalue weighted by molar-refractivity contribution is -0.0594. The van der Waals surface area contributed by atoms with Crippen LogP contribution in [0.4, 0.5) is 4.39 Å². The molecular formula is C18H22FN3O2. The third-order valence-electron chi connectivity index (χ3n) is 5.34. The van der Waals surface area contributed by atoms with E-state index < -0.39 is 11.7 Å². The van der Waals surface area contributed by atoms with Crippen LogP contribution in [0.1, 0.15) is 29.2 Å². The molecule has 2 aliphatic rings. The predicted octanol–water partition coefficient (Wildman–Crippen LogP) is 1.98. The minimum atomic E-state index is -0.547. The van der Waals surface area contributed by atoms with Gasteiger partial charge in [0, 0.05) is 36.8 Å². The van der Waals surface area contributed by atoms with E-state index in [1.807, 2.05) is 19.2 Å². The summed E-state index contributed by atoms with van der Waals surface area (Å²) in [5.74, 6) is -0.0940. The Hall–Kier alpha value is -1.76. The van der Waals surface area contributed by atoms with Crippen LogP contribution in [-0.4, -0.2) is 51.6 Å². The molecule has 2 aliphatic heterocycles. The topological polar surface area (TPSA) is 61.4 Å². The molecule has 0 saturated carbocycles. The fourth-order valence-electron chi connectivity index (χ4n) is 3.97. The molecule has 0 aliphatic carbocycles. The van der Waals surface area contributed by atoms with Crippen LogP contribution in [0.3, 0.4) is 0 Å². The molecule has 2 fully saturated rings. The molecule has 2 N–H and O–H groups in total. The Morgan fingerprint density at radius 3 is 3.12 bits per heavy atom. The van der Waals surface area contributed by atoms with Gasteiger partial charge < -0.3 is 9.84 Å². The minimum Gasteiger partial charge on any atom is -0.389 e. The molecule has 0 amide bonds. The summed E-state index contributed by atoms with van der Waals surface area (Å²) in [7, 11) is 0. The molecular weight excluding hydrogens is 309 g/mol. The second-order valence-electron chi connectivity index (χ2n) is 7.04. The highest BCUT2D eigenvalue weighted by Gasteiger charge is 2.52. The van der Waals surface area contributed by atoms with Gasteiger partial charge >= 0.3 is 0 Å². The molecule has 1 aromatic heterocycles. The number of β-amino-alcohol motifs (C(OH)–C–C–N with tert-alkyl or cyclic N) is 1. The molecule has 0 radical (unpaired) electrons. The van der Waals surface area contributed by atoms with Crippen LogP contribution in [0.5, 0.6) is 0 Å². The van der Waals surface area contributed by atoms with Gasteiger partial charge in [-0.15, -0.1) is 0 Å². The van der Waals surface area contributed by atoms with Crippen molar-refractivity contribution >= 4 is 0 Å². The average Bonchev–Trinajstić information content (AvgIpc) is 3.23. The van der Waals surface area contributed by atoms with E-state index in [0.717, 1.165) is 29.8 Å². The lowest BCUT2D eigenvalue weighted by Gasteiger charge is -2.26. The Labute approximate surface area is 140 Å². The van der Waals surface area contributed by atoms with Gasteiger partial charge in [-0.2, -0.15) is 5.10 Å². The molecule has 1 aromatic carbocycles. The normalized spacial score (nSPS) is 30.5. The van der Waals surface area contributed by atoms with E-state index in [-0.39, 0.29) is 11.7 Å². The van der Waals surface area contributed by atoms with Crippen molar-refractivity contribution in [3.05, 3.63) is 53.1 Å². The van der Waals surface area contributed by atoms with Crippen LogP contribution in [0, 0.1) is 12.7 Å². The number of hydrogen-bond donors (Lipinski definition) is 2. The number of H-pyrrole nitrogens is 1. The Morgan fingerprint density at radius 2 is 2.38 bits per heavy atom. The summed E-state index contributed by atoms with van der Waals surface area (Å²) >= 11 is 0. The lowest BCUT2D eigenvalue weighted by atomic mass is 9.87. The van der Waals surface area contributed by atoms with Crippen molar-refractivity contribution < 1.29 is 14.2 Å². The molecule has 1 spiro atoms. The fourth-order valence-corrected chi connectivity index (χ4v) is 3.97. The van der Waals surface area contributed by atoms with Gasteiger partial charge in [0.15, 0.2) is 0 Å². The minimum absolute atomic E-state index is 0.131. The number of rotatable bonds is 3. The zero-order valence-corrected chi connectivity index (χ0v) is 13.7. The third-order valence-corrected chi connectivity index (χ3v) is 5.34. The monoisotopic (exact) mass is 331 g/mol. The standard InChI is InChI=1S/C18H22FN3O2/c1-12-15(7-20-21-12)8-22-9-17(23)18(11-22)6-14(10-24-18)13-3-2-4-16(19)5-13/h2-5,7,14,17,23H,6,8-11H2,1H3,(H,20,21)/t14-,17+,18+/m0/s1. The maximum Gasteiger partial charge on any atom is 0.123 e. The third kappa shape index (κ3) is 2.75. The van der Waals surface area contributed by atoms with Crippen LogP contribution >= 0.6 is 0 Å². The maximum atomic E-state index is 13.5. The van der Waals surface area contributed by atoms with Crippen molar-refractivity contribution in [1.29, 1.82) is 0 Å².